The second kappa shape index (κ2) is 4.80. The van der Waals surface area contributed by atoms with Crippen LogP contribution in [0.15, 0.2) is 22.7 Å². The summed E-state index contributed by atoms with van der Waals surface area (Å²) in [5.74, 6) is 0. The van der Waals surface area contributed by atoms with Gasteiger partial charge in [-0.15, -0.1) is 0 Å². The van der Waals surface area contributed by atoms with Gasteiger partial charge in [0.2, 0.25) is 0 Å². The van der Waals surface area contributed by atoms with Crippen LogP contribution in [0.3, 0.4) is 0 Å². The third-order valence-corrected chi connectivity index (χ3v) is 3.12. The normalized spacial score (nSPS) is 11.3. The van der Waals surface area contributed by atoms with Crippen molar-refractivity contribution in [2.45, 2.75) is 26.4 Å². The third-order valence-electron chi connectivity index (χ3n) is 2.38. The molecule has 0 bridgehead atoms. The van der Waals surface area contributed by atoms with Crippen molar-refractivity contribution in [2.75, 3.05) is 12.8 Å². The van der Waals surface area contributed by atoms with Crippen LogP contribution in [0.5, 0.6) is 0 Å². The predicted octanol–water partition coefficient (Wildman–Crippen LogP) is 2.87. The molecule has 0 unspecified atom stereocenters. The average molecular weight is 257 g/mol. The fourth-order valence-electron chi connectivity index (χ4n) is 1.14. The molecule has 1 rings (SSSR count). The van der Waals surface area contributed by atoms with E-state index < -0.39 is 0 Å². The van der Waals surface area contributed by atoms with Crippen LogP contribution in [0.4, 0.5) is 5.69 Å². The highest BCUT2D eigenvalue weighted by Crippen LogP contribution is 2.21. The first-order valence-corrected chi connectivity index (χ1v) is 5.54. The minimum atomic E-state index is 0.555. The Hall–Kier alpha value is -0.540. The van der Waals surface area contributed by atoms with Crippen LogP contribution >= 0.6 is 15.9 Å². The molecule has 0 heterocycles. The highest BCUT2D eigenvalue weighted by molar-refractivity contribution is 9.10. The molecule has 0 saturated heterocycles. The molecule has 2 N–H and O–H groups in total. The summed E-state index contributed by atoms with van der Waals surface area (Å²) in [5, 5.41) is 0. The first-order chi connectivity index (χ1) is 6.50. The van der Waals surface area contributed by atoms with Gasteiger partial charge in [0.1, 0.15) is 0 Å². The largest absolute Gasteiger partial charge is 0.399 e. The predicted molar refractivity (Wildman–Crippen MR) is 65.2 cm³/mol. The van der Waals surface area contributed by atoms with Crippen molar-refractivity contribution >= 4 is 21.6 Å². The SMILES string of the molecule is CC(C)N(C)Cc1ccc(N)cc1Br. The molecule has 1 aromatic rings. The van der Waals surface area contributed by atoms with E-state index in [-0.39, 0.29) is 0 Å². The van der Waals surface area contributed by atoms with Gasteiger partial charge in [-0.25, -0.2) is 0 Å². The number of nitrogens with zero attached hydrogens (tertiary/aromatic N) is 1. The summed E-state index contributed by atoms with van der Waals surface area (Å²) in [6, 6.07) is 6.51. The lowest BCUT2D eigenvalue weighted by Crippen LogP contribution is -2.25. The number of nitrogens with two attached hydrogens (primary N) is 1. The Morgan fingerprint density at radius 3 is 2.57 bits per heavy atom. The Morgan fingerprint density at radius 2 is 2.07 bits per heavy atom. The lowest BCUT2D eigenvalue weighted by atomic mass is 10.2. The van der Waals surface area contributed by atoms with Gasteiger partial charge in [0, 0.05) is 22.7 Å². The number of halogens is 1. The zero-order valence-corrected chi connectivity index (χ0v) is 10.5. The number of rotatable bonds is 3. The highest BCUT2D eigenvalue weighted by atomic mass is 79.9. The van der Waals surface area contributed by atoms with Crippen molar-refractivity contribution in [3.63, 3.8) is 0 Å². The van der Waals surface area contributed by atoms with E-state index in [9.17, 15) is 0 Å². The van der Waals surface area contributed by atoms with Crippen molar-refractivity contribution in [1.82, 2.24) is 4.90 Å². The summed E-state index contributed by atoms with van der Waals surface area (Å²) in [7, 11) is 2.12. The van der Waals surface area contributed by atoms with Crippen LogP contribution in [0, 0.1) is 0 Å². The Balaban J connectivity index is 2.77. The first kappa shape index (κ1) is 11.5. The van der Waals surface area contributed by atoms with Crippen molar-refractivity contribution < 1.29 is 0 Å². The second-order valence-electron chi connectivity index (χ2n) is 3.86. The van der Waals surface area contributed by atoms with E-state index in [0.29, 0.717) is 6.04 Å². The lowest BCUT2D eigenvalue weighted by Gasteiger charge is -2.21. The minimum absolute atomic E-state index is 0.555. The quantitative estimate of drug-likeness (QED) is 0.843. The average Bonchev–Trinajstić information content (AvgIpc) is 2.09. The van der Waals surface area contributed by atoms with Crippen LogP contribution < -0.4 is 5.73 Å². The minimum Gasteiger partial charge on any atom is -0.399 e. The lowest BCUT2D eigenvalue weighted by molar-refractivity contribution is 0.265. The van der Waals surface area contributed by atoms with Crippen LogP contribution in [0.25, 0.3) is 0 Å². The van der Waals surface area contributed by atoms with Crippen LogP contribution in [0.2, 0.25) is 0 Å². The summed E-state index contributed by atoms with van der Waals surface area (Å²) in [4.78, 5) is 2.29. The molecule has 1 aromatic carbocycles. The Kier molecular flexibility index (Phi) is 3.96. The summed E-state index contributed by atoms with van der Waals surface area (Å²) >= 11 is 3.52. The molecule has 0 aromatic heterocycles. The third kappa shape index (κ3) is 3.00. The van der Waals surface area contributed by atoms with E-state index in [1.165, 1.54) is 5.56 Å². The summed E-state index contributed by atoms with van der Waals surface area (Å²) in [6.45, 7) is 5.31. The first-order valence-electron chi connectivity index (χ1n) is 4.75. The number of benzene rings is 1. The summed E-state index contributed by atoms with van der Waals surface area (Å²) in [5.41, 5.74) is 7.75. The molecule has 0 radical (unpaired) electrons. The van der Waals surface area contributed by atoms with Gasteiger partial charge in [-0.3, -0.25) is 4.90 Å². The zero-order chi connectivity index (χ0) is 10.7. The second-order valence-corrected chi connectivity index (χ2v) is 4.71. The van der Waals surface area contributed by atoms with Crippen molar-refractivity contribution in [3.05, 3.63) is 28.2 Å². The molecule has 3 heteroatoms. The van der Waals surface area contributed by atoms with Gasteiger partial charge in [-0.2, -0.15) is 0 Å². The zero-order valence-electron chi connectivity index (χ0n) is 8.92. The molecule has 0 saturated carbocycles. The summed E-state index contributed by atoms with van der Waals surface area (Å²) < 4.78 is 1.09. The summed E-state index contributed by atoms with van der Waals surface area (Å²) in [6.07, 6.45) is 0. The topological polar surface area (TPSA) is 29.3 Å². The number of nitrogen functional groups attached to an aromatic ring is 1. The molecule has 0 aliphatic rings. The monoisotopic (exact) mass is 256 g/mol. The van der Waals surface area contributed by atoms with Gasteiger partial charge in [-0.05, 0) is 38.6 Å². The molecule has 0 aliphatic carbocycles. The van der Waals surface area contributed by atoms with Crippen molar-refractivity contribution in [3.8, 4) is 0 Å². The molecule has 0 atom stereocenters. The molecule has 14 heavy (non-hydrogen) atoms. The maximum Gasteiger partial charge on any atom is 0.0325 e. The number of hydrogen-bond donors (Lipinski definition) is 1. The van der Waals surface area contributed by atoms with Gasteiger partial charge in [0.05, 0.1) is 0 Å². The van der Waals surface area contributed by atoms with E-state index in [1.807, 2.05) is 12.1 Å². The van der Waals surface area contributed by atoms with Gasteiger partial charge < -0.3 is 5.73 Å². The Morgan fingerprint density at radius 1 is 1.43 bits per heavy atom. The molecular formula is C11H17BrN2. The van der Waals surface area contributed by atoms with E-state index >= 15 is 0 Å². The van der Waals surface area contributed by atoms with Crippen molar-refractivity contribution in [1.29, 1.82) is 0 Å². The van der Waals surface area contributed by atoms with E-state index in [1.54, 1.807) is 0 Å². The van der Waals surface area contributed by atoms with Gasteiger partial charge >= 0.3 is 0 Å². The van der Waals surface area contributed by atoms with E-state index in [2.05, 4.69) is 47.8 Å². The fraction of sp³-hybridized carbons (Fsp3) is 0.455. The molecule has 0 fully saturated rings. The van der Waals surface area contributed by atoms with E-state index in [0.717, 1.165) is 16.7 Å². The van der Waals surface area contributed by atoms with Crippen molar-refractivity contribution in [2.24, 2.45) is 0 Å². The fourth-order valence-corrected chi connectivity index (χ4v) is 1.66. The number of anilines is 1. The highest BCUT2D eigenvalue weighted by Gasteiger charge is 2.06. The van der Waals surface area contributed by atoms with Gasteiger partial charge in [0.15, 0.2) is 0 Å². The molecule has 0 aliphatic heterocycles. The molecular weight excluding hydrogens is 240 g/mol. The van der Waals surface area contributed by atoms with Gasteiger partial charge in [0.25, 0.3) is 0 Å². The maximum atomic E-state index is 5.67. The van der Waals surface area contributed by atoms with E-state index in [4.69, 9.17) is 5.73 Å². The standard InChI is InChI=1S/C11H17BrN2/c1-8(2)14(3)7-9-4-5-10(13)6-11(9)12/h4-6,8H,7,13H2,1-3H3. The number of hydrogen-bond acceptors (Lipinski definition) is 2. The van der Waals surface area contributed by atoms with Gasteiger partial charge in [-0.1, -0.05) is 22.0 Å². The maximum absolute atomic E-state index is 5.67. The smallest absolute Gasteiger partial charge is 0.0325 e. The van der Waals surface area contributed by atoms with Crippen LogP contribution in [-0.2, 0) is 6.54 Å². The van der Waals surface area contributed by atoms with Crippen LogP contribution in [0.1, 0.15) is 19.4 Å². The van der Waals surface area contributed by atoms with Crippen LogP contribution in [-0.4, -0.2) is 18.0 Å². The molecule has 0 amide bonds. The molecule has 0 spiro atoms. The molecule has 78 valence electrons. The molecule has 2 nitrogen and oxygen atoms in total. The Labute approximate surface area is 94.2 Å². The Bertz CT molecular complexity index is 310.